The normalized spacial score (nSPS) is 24.6. The maximum absolute atomic E-state index is 14.8. The molecule has 0 spiro atoms. The third-order valence-electron chi connectivity index (χ3n) is 11.3. The minimum absolute atomic E-state index is 0.0547. The van der Waals surface area contributed by atoms with Crippen molar-refractivity contribution in [1.82, 2.24) is 19.7 Å². The second-order valence-electron chi connectivity index (χ2n) is 17.9. The lowest BCUT2D eigenvalue weighted by Crippen LogP contribution is -2.48. The maximum Gasteiger partial charge on any atom is 0.459 e. The fraction of sp³-hybridized carbons (Fsp3) is 0.595. The van der Waals surface area contributed by atoms with E-state index in [1.807, 2.05) is 0 Å². The Kier molecular flexibility index (Phi) is 13.1. The molecule has 1 aromatic carbocycles. The van der Waals surface area contributed by atoms with Gasteiger partial charge in [-0.3, -0.25) is 18.9 Å². The number of hydrogen-bond donors (Lipinski definition) is 2. The first kappa shape index (κ1) is 44.7. The topological polar surface area (TPSA) is 233 Å². The molecule has 1 saturated heterocycles. The third-order valence-corrected chi connectivity index (χ3v) is 12.8. The molecule has 1 aliphatic heterocycles. The number of carbonyl (C=O) groups excluding carboxylic acids is 4. The summed E-state index contributed by atoms with van der Waals surface area (Å²) in [6, 6.07) is 11.8. The van der Waals surface area contributed by atoms with E-state index in [9.17, 15) is 29.0 Å². The molecule has 3 fully saturated rings. The molecule has 0 amide bonds. The number of nitrogens with zero attached hydrogens (tertiary/aromatic N) is 4. The summed E-state index contributed by atoms with van der Waals surface area (Å²) in [4.78, 5) is 57.4. The number of fused-ring (bicyclic) bond motifs is 1. The quantitative estimate of drug-likeness (QED) is 0.0756. The smallest absolute Gasteiger partial charge is 0.459 e. The number of esters is 3. The zero-order valence-electron chi connectivity index (χ0n) is 35.0. The zero-order chi connectivity index (χ0) is 43.5. The Hall–Kier alpha value is -4.88. The Labute approximate surface area is 349 Å². The highest BCUT2D eigenvalue weighted by atomic mass is 31.2. The first-order chi connectivity index (χ1) is 28.3. The van der Waals surface area contributed by atoms with Crippen molar-refractivity contribution in [3.8, 4) is 11.8 Å². The van der Waals surface area contributed by atoms with E-state index in [-0.39, 0.29) is 23.2 Å². The molecule has 0 radical (unpaired) electrons. The molecule has 3 heterocycles. The minimum atomic E-state index is -4.66. The predicted octanol–water partition coefficient (Wildman–Crippen LogP) is 6.14. The summed E-state index contributed by atoms with van der Waals surface area (Å²) >= 11 is 0. The minimum Gasteiger partial charge on any atom is -0.459 e. The lowest BCUT2D eigenvalue weighted by Gasteiger charge is -2.35. The average Bonchev–Trinajstić information content (AvgIpc) is 4.02. The van der Waals surface area contributed by atoms with E-state index in [2.05, 4.69) is 21.2 Å². The molecule has 2 saturated carbocycles. The van der Waals surface area contributed by atoms with Gasteiger partial charge >= 0.3 is 25.7 Å². The molecule has 6 atom stereocenters. The van der Waals surface area contributed by atoms with Crippen LogP contribution in [0.4, 0.5) is 5.82 Å². The highest BCUT2D eigenvalue weighted by Gasteiger charge is 2.63. The number of nitriles is 1. The number of ether oxygens (including phenoxy) is 4. The van der Waals surface area contributed by atoms with E-state index in [0.717, 1.165) is 51.4 Å². The third kappa shape index (κ3) is 9.52. The van der Waals surface area contributed by atoms with Gasteiger partial charge in [-0.1, -0.05) is 31.0 Å². The Bertz CT molecular complexity index is 2130. The van der Waals surface area contributed by atoms with E-state index < -0.39 is 85.1 Å². The summed E-state index contributed by atoms with van der Waals surface area (Å²) in [5, 5.41) is 18.0. The van der Waals surface area contributed by atoms with E-state index in [4.69, 9.17) is 33.7 Å². The fourth-order valence-corrected chi connectivity index (χ4v) is 9.55. The average molecular weight is 851 g/mol. The van der Waals surface area contributed by atoms with Crippen LogP contribution >= 0.6 is 7.75 Å². The Morgan fingerprint density at radius 2 is 1.67 bits per heavy atom. The zero-order valence-corrected chi connectivity index (χ0v) is 35.9. The van der Waals surface area contributed by atoms with Crippen molar-refractivity contribution in [3.05, 3.63) is 54.5 Å². The van der Waals surface area contributed by atoms with Gasteiger partial charge in [-0.15, -0.1) is 0 Å². The second kappa shape index (κ2) is 17.6. The van der Waals surface area contributed by atoms with Gasteiger partial charge in [0.05, 0.1) is 35.6 Å². The standard InChI is InChI=1S/C42H55N6O11P/c1-39(2,3)37(51)55-34-31(57-42(25-43,35(34)56-38(52)40(4,5)6)32-19-18-30-36(44)45-26-46-48(30)32)24-54-60(53,59-29-16-8-7-9-17-29)47-28(23-49)22-33(50)58-41(20-12-13-21-41)27-14-10-11-15-27/h7-9,16-19,23,26-28,31,34-35H,10-15,20-22,24H2,1-6H3,(H,47,53)(H2,44,45,46)/t28-,31+,34+,35+,42-,60?/m0/s1. The van der Waals surface area contributed by atoms with Crippen LogP contribution in [0.25, 0.3) is 5.52 Å². The van der Waals surface area contributed by atoms with Crippen molar-refractivity contribution in [2.24, 2.45) is 16.7 Å². The largest absolute Gasteiger partial charge is 0.459 e. The lowest BCUT2D eigenvalue weighted by molar-refractivity contribution is -0.179. The van der Waals surface area contributed by atoms with Gasteiger partial charge in [0.2, 0.25) is 5.60 Å². The number of rotatable bonds is 15. The molecule has 2 aromatic heterocycles. The van der Waals surface area contributed by atoms with Crippen molar-refractivity contribution in [1.29, 1.82) is 5.26 Å². The number of nitrogens with one attached hydrogen (secondary N) is 1. The van der Waals surface area contributed by atoms with E-state index in [1.165, 1.54) is 29.0 Å². The molecule has 0 bridgehead atoms. The first-order valence-electron chi connectivity index (χ1n) is 20.4. The maximum atomic E-state index is 14.8. The predicted molar refractivity (Wildman–Crippen MR) is 216 cm³/mol. The number of para-hydroxylation sites is 1. The highest BCUT2D eigenvalue weighted by molar-refractivity contribution is 7.52. The van der Waals surface area contributed by atoms with Crippen LogP contribution in [-0.4, -0.2) is 75.4 Å². The first-order valence-corrected chi connectivity index (χ1v) is 21.9. The number of nitrogens with two attached hydrogens (primary N) is 1. The number of benzene rings is 1. The SMILES string of the molecule is CC(C)(C)C(=O)O[C@H]1[C@@H](OC(=O)C(C)(C)C)[C@](C#N)(c2ccc3c(N)ncnn23)O[C@@H]1COP(=O)(N[C@H](C=O)CC(=O)OC1(C2CCCC2)CCCC1)Oc1ccccc1. The van der Waals surface area contributed by atoms with Gasteiger partial charge in [0.1, 0.15) is 41.7 Å². The van der Waals surface area contributed by atoms with Gasteiger partial charge in [-0.05, 0) is 110 Å². The molecular weight excluding hydrogens is 795 g/mol. The van der Waals surface area contributed by atoms with Gasteiger partial charge in [0.15, 0.2) is 18.0 Å². The van der Waals surface area contributed by atoms with Crippen LogP contribution < -0.4 is 15.3 Å². The van der Waals surface area contributed by atoms with Crippen LogP contribution in [0.1, 0.15) is 105 Å². The van der Waals surface area contributed by atoms with Crippen LogP contribution in [0.5, 0.6) is 5.75 Å². The van der Waals surface area contributed by atoms with Crippen LogP contribution in [-0.2, 0) is 52.8 Å². The summed E-state index contributed by atoms with van der Waals surface area (Å²) in [5.41, 5.74) is 1.50. The van der Waals surface area contributed by atoms with E-state index >= 15 is 0 Å². The van der Waals surface area contributed by atoms with Gasteiger partial charge in [-0.2, -0.15) is 10.4 Å². The molecule has 324 valence electrons. The van der Waals surface area contributed by atoms with Crippen LogP contribution in [0.3, 0.4) is 0 Å². The van der Waals surface area contributed by atoms with Crippen LogP contribution in [0.2, 0.25) is 0 Å². The number of anilines is 1. The summed E-state index contributed by atoms with van der Waals surface area (Å²) in [5.74, 6) is -1.70. The van der Waals surface area contributed by atoms with Crippen LogP contribution in [0, 0.1) is 28.1 Å². The van der Waals surface area contributed by atoms with Crippen molar-refractivity contribution in [2.75, 3.05) is 12.3 Å². The molecular formula is C42H55N6O11P. The molecule has 1 unspecified atom stereocenters. The van der Waals surface area contributed by atoms with Crippen LogP contribution in [0.15, 0.2) is 48.8 Å². The summed E-state index contributed by atoms with van der Waals surface area (Å²) < 4.78 is 52.9. The molecule has 60 heavy (non-hydrogen) atoms. The summed E-state index contributed by atoms with van der Waals surface area (Å²) in [7, 11) is -4.66. The van der Waals surface area contributed by atoms with Crippen molar-refractivity contribution in [3.63, 3.8) is 0 Å². The van der Waals surface area contributed by atoms with Gasteiger partial charge < -0.3 is 34.0 Å². The Morgan fingerprint density at radius 1 is 1.02 bits per heavy atom. The lowest BCUT2D eigenvalue weighted by atomic mass is 9.84. The van der Waals surface area contributed by atoms with Crippen molar-refractivity contribution < 1.29 is 51.7 Å². The molecule has 3 aromatic rings. The molecule has 6 rings (SSSR count). The number of carbonyl (C=O) groups is 4. The van der Waals surface area contributed by atoms with Gasteiger partial charge in [-0.25, -0.2) is 19.2 Å². The number of aldehydes is 1. The molecule has 3 aliphatic rings. The van der Waals surface area contributed by atoms with Gasteiger partial charge in [0, 0.05) is 0 Å². The summed E-state index contributed by atoms with van der Waals surface area (Å²) in [6.07, 6.45) is 3.92. The number of aromatic nitrogens is 3. The number of hydrogen-bond acceptors (Lipinski definition) is 15. The summed E-state index contributed by atoms with van der Waals surface area (Å²) in [6.45, 7) is 8.96. The van der Waals surface area contributed by atoms with Gasteiger partial charge in [0.25, 0.3) is 0 Å². The van der Waals surface area contributed by atoms with Crippen molar-refractivity contribution in [2.45, 2.75) is 135 Å². The van der Waals surface area contributed by atoms with Crippen molar-refractivity contribution >= 4 is 43.3 Å². The molecule has 3 N–H and O–H groups in total. The number of nitrogen functional groups attached to an aromatic ring is 1. The molecule has 2 aliphatic carbocycles. The molecule has 17 nitrogen and oxygen atoms in total. The highest BCUT2D eigenvalue weighted by Crippen LogP contribution is 2.50. The van der Waals surface area contributed by atoms with E-state index in [1.54, 1.807) is 65.8 Å². The monoisotopic (exact) mass is 850 g/mol. The Balaban J connectivity index is 1.34. The van der Waals surface area contributed by atoms with E-state index in [0.29, 0.717) is 11.8 Å². The fourth-order valence-electron chi connectivity index (χ4n) is 8.07. The molecule has 18 heteroatoms. The Morgan fingerprint density at radius 3 is 2.28 bits per heavy atom. The second-order valence-corrected chi connectivity index (χ2v) is 19.6.